The maximum Gasteiger partial charge on any atom is 0.110 e. The zero-order valence-electron chi connectivity index (χ0n) is 23.2. The van der Waals surface area contributed by atoms with Gasteiger partial charge in [0, 0.05) is 29.7 Å². The molecule has 42 heavy (non-hydrogen) atoms. The molecule has 2 atom stereocenters. The largest absolute Gasteiger partial charge is 0.388 e. The monoisotopic (exact) mass is 578 g/mol. The second kappa shape index (κ2) is 11.8. The van der Waals surface area contributed by atoms with Crippen LogP contribution in [-0.4, -0.2) is 35.7 Å². The van der Waals surface area contributed by atoms with Crippen LogP contribution >= 0.6 is 11.6 Å². The lowest BCUT2D eigenvalue weighted by Gasteiger charge is -2.36. The van der Waals surface area contributed by atoms with Crippen LogP contribution in [0.3, 0.4) is 0 Å². The Kier molecular flexibility index (Phi) is 7.74. The Morgan fingerprint density at radius 2 is 1.90 bits per heavy atom. The first-order valence-corrected chi connectivity index (χ1v) is 14.5. The van der Waals surface area contributed by atoms with Gasteiger partial charge in [-0.05, 0) is 55.0 Å². The first-order valence-electron chi connectivity index (χ1n) is 14.1. The molecule has 9 nitrogen and oxygen atoms in total. The molecule has 0 amide bonds. The number of pyridine rings is 2. The van der Waals surface area contributed by atoms with Crippen molar-refractivity contribution < 1.29 is 5.11 Å². The fraction of sp³-hybridized carbons (Fsp3) is 0.281. The van der Waals surface area contributed by atoms with Gasteiger partial charge in [-0.3, -0.25) is 9.97 Å². The van der Waals surface area contributed by atoms with Gasteiger partial charge in [-0.15, -0.1) is 5.10 Å². The summed E-state index contributed by atoms with van der Waals surface area (Å²) < 4.78 is 1.70. The van der Waals surface area contributed by atoms with Crippen molar-refractivity contribution in [2.45, 2.75) is 56.8 Å². The zero-order chi connectivity index (χ0) is 29.1. The van der Waals surface area contributed by atoms with Crippen molar-refractivity contribution in [2.75, 3.05) is 10.6 Å². The SMILES string of the molecule is CC[C@@H](Nc1c(C#N)cnc2c(Cl)cc(N[C@@H](c3cccnc3)c3cn(CC4(O)CCC4)nn3)cc12)c1ccccc1. The number of fused-ring (bicyclic) bond motifs is 1. The number of nitriles is 1. The lowest BCUT2D eigenvalue weighted by Crippen LogP contribution is -2.41. The topological polar surface area (TPSA) is 125 Å². The summed E-state index contributed by atoms with van der Waals surface area (Å²) >= 11 is 6.81. The van der Waals surface area contributed by atoms with Crippen LogP contribution in [0.15, 0.2) is 79.4 Å². The second-order valence-corrected chi connectivity index (χ2v) is 11.2. The van der Waals surface area contributed by atoms with E-state index in [0.717, 1.165) is 47.9 Å². The van der Waals surface area contributed by atoms with Gasteiger partial charge in [0.2, 0.25) is 0 Å². The molecule has 0 spiro atoms. The summed E-state index contributed by atoms with van der Waals surface area (Å²) in [5, 5.41) is 37.8. The van der Waals surface area contributed by atoms with Crippen molar-refractivity contribution in [3.63, 3.8) is 0 Å². The molecular weight excluding hydrogens is 548 g/mol. The highest BCUT2D eigenvalue weighted by atomic mass is 35.5. The van der Waals surface area contributed by atoms with Crippen LogP contribution in [0.2, 0.25) is 5.02 Å². The molecule has 0 aliphatic heterocycles. The van der Waals surface area contributed by atoms with Crippen LogP contribution in [0.4, 0.5) is 11.4 Å². The third kappa shape index (κ3) is 5.64. The maximum atomic E-state index is 10.7. The minimum atomic E-state index is -0.723. The number of benzene rings is 2. The standard InChI is InChI=1S/C32H31ClN8O/c1-2-27(21-8-4-3-5-9-21)38-29-23(16-34)18-36-31-25(29)14-24(15-26(31)33)37-30(22-10-6-13-35-17-22)28-19-41(40-39-28)20-32(42)11-7-12-32/h3-6,8-10,13-15,17-19,27,30,37,42H,2,7,11-12,20H2,1H3,(H,36,38)/t27-,30+/m1/s1. The third-order valence-corrected chi connectivity index (χ3v) is 8.18. The fourth-order valence-electron chi connectivity index (χ4n) is 5.47. The number of nitrogens with zero attached hydrogens (tertiary/aromatic N) is 6. The van der Waals surface area contributed by atoms with Crippen molar-refractivity contribution in [2.24, 2.45) is 0 Å². The van der Waals surface area contributed by atoms with E-state index in [1.165, 1.54) is 0 Å². The van der Waals surface area contributed by atoms with E-state index in [1.54, 1.807) is 23.3 Å². The van der Waals surface area contributed by atoms with Gasteiger partial charge in [-0.1, -0.05) is 60.1 Å². The van der Waals surface area contributed by atoms with E-state index in [9.17, 15) is 10.4 Å². The summed E-state index contributed by atoms with van der Waals surface area (Å²) in [6.07, 6.45) is 10.3. The minimum Gasteiger partial charge on any atom is -0.388 e. The van der Waals surface area contributed by atoms with Crippen LogP contribution in [0.5, 0.6) is 0 Å². The number of hydrogen-bond donors (Lipinski definition) is 3. The number of rotatable bonds is 10. The van der Waals surface area contributed by atoms with E-state index < -0.39 is 11.6 Å². The Morgan fingerprint density at radius 3 is 2.60 bits per heavy atom. The van der Waals surface area contributed by atoms with Gasteiger partial charge in [0.25, 0.3) is 0 Å². The number of aromatic nitrogens is 5. The van der Waals surface area contributed by atoms with Crippen LogP contribution in [-0.2, 0) is 6.54 Å². The Bertz CT molecular complexity index is 1730. The highest BCUT2D eigenvalue weighted by molar-refractivity contribution is 6.35. The Balaban J connectivity index is 1.39. The van der Waals surface area contributed by atoms with E-state index in [0.29, 0.717) is 34.0 Å². The summed E-state index contributed by atoms with van der Waals surface area (Å²) in [5.74, 6) is 0. The summed E-state index contributed by atoms with van der Waals surface area (Å²) in [6.45, 7) is 2.51. The van der Waals surface area contributed by atoms with Crippen molar-refractivity contribution in [1.82, 2.24) is 25.0 Å². The molecule has 6 rings (SSSR count). The van der Waals surface area contributed by atoms with Crippen molar-refractivity contribution in [1.29, 1.82) is 5.26 Å². The fourth-order valence-corrected chi connectivity index (χ4v) is 5.74. The summed E-state index contributed by atoms with van der Waals surface area (Å²) in [6, 6.07) is 19.7. The number of aliphatic hydroxyl groups is 1. The van der Waals surface area contributed by atoms with Gasteiger partial charge in [-0.25, -0.2) is 4.68 Å². The van der Waals surface area contributed by atoms with Crippen molar-refractivity contribution >= 4 is 33.9 Å². The molecule has 3 aromatic heterocycles. The van der Waals surface area contributed by atoms with E-state index >= 15 is 0 Å². The van der Waals surface area contributed by atoms with Crippen LogP contribution in [0, 0.1) is 11.3 Å². The third-order valence-electron chi connectivity index (χ3n) is 7.90. The lowest BCUT2D eigenvalue weighted by atomic mass is 9.80. The molecule has 1 aliphatic rings. The molecule has 1 saturated carbocycles. The number of halogens is 1. The predicted octanol–water partition coefficient (Wildman–Crippen LogP) is 6.43. The van der Waals surface area contributed by atoms with Crippen LogP contribution in [0.25, 0.3) is 10.9 Å². The normalized spacial score (nSPS) is 15.4. The van der Waals surface area contributed by atoms with Gasteiger partial charge in [0.05, 0.1) is 52.2 Å². The highest BCUT2D eigenvalue weighted by Crippen LogP contribution is 2.37. The summed E-state index contributed by atoms with van der Waals surface area (Å²) in [4.78, 5) is 8.84. The first kappa shape index (κ1) is 27.6. The number of anilines is 2. The Labute approximate surface area is 249 Å². The smallest absolute Gasteiger partial charge is 0.110 e. The Hall–Kier alpha value is -4.52. The second-order valence-electron chi connectivity index (χ2n) is 10.8. The molecule has 5 aromatic rings. The summed E-state index contributed by atoms with van der Waals surface area (Å²) in [5.41, 5.74) is 4.41. The quantitative estimate of drug-likeness (QED) is 0.173. The van der Waals surface area contributed by atoms with Gasteiger partial charge in [0.1, 0.15) is 11.8 Å². The van der Waals surface area contributed by atoms with Gasteiger partial charge < -0.3 is 15.7 Å². The molecular formula is C32H31ClN8O. The number of nitrogens with one attached hydrogen (secondary N) is 2. The molecule has 1 fully saturated rings. The zero-order valence-corrected chi connectivity index (χ0v) is 24.0. The average Bonchev–Trinajstić information content (AvgIpc) is 3.46. The van der Waals surface area contributed by atoms with E-state index in [2.05, 4.69) is 56.0 Å². The van der Waals surface area contributed by atoms with Crippen molar-refractivity contribution in [3.8, 4) is 6.07 Å². The molecule has 1 aliphatic carbocycles. The first-order chi connectivity index (χ1) is 20.5. The molecule has 2 aromatic carbocycles. The van der Waals surface area contributed by atoms with Gasteiger partial charge in [-0.2, -0.15) is 5.26 Å². The Morgan fingerprint density at radius 1 is 1.10 bits per heavy atom. The molecule has 10 heteroatoms. The lowest BCUT2D eigenvalue weighted by molar-refractivity contribution is -0.0501. The van der Waals surface area contributed by atoms with E-state index in [1.807, 2.05) is 48.7 Å². The summed E-state index contributed by atoms with van der Waals surface area (Å²) in [7, 11) is 0. The molecule has 212 valence electrons. The van der Waals surface area contributed by atoms with Gasteiger partial charge in [0.15, 0.2) is 0 Å². The highest BCUT2D eigenvalue weighted by Gasteiger charge is 2.35. The molecule has 0 unspecified atom stereocenters. The van der Waals surface area contributed by atoms with Crippen LogP contribution in [0.1, 0.15) is 67.1 Å². The molecule has 0 bridgehead atoms. The van der Waals surface area contributed by atoms with E-state index in [-0.39, 0.29) is 6.04 Å². The molecule has 3 N–H and O–H groups in total. The van der Waals surface area contributed by atoms with Crippen LogP contribution < -0.4 is 10.6 Å². The molecule has 0 saturated heterocycles. The van der Waals surface area contributed by atoms with Crippen molar-refractivity contribution in [3.05, 3.63) is 107 Å². The predicted molar refractivity (Wildman–Crippen MR) is 163 cm³/mol. The minimum absolute atomic E-state index is 0.0112. The maximum absolute atomic E-state index is 10.7. The molecule has 3 heterocycles. The molecule has 0 radical (unpaired) electrons. The average molecular weight is 579 g/mol. The number of hydrogen-bond acceptors (Lipinski definition) is 8. The van der Waals surface area contributed by atoms with E-state index in [4.69, 9.17) is 11.6 Å². The van der Waals surface area contributed by atoms with Gasteiger partial charge >= 0.3 is 0 Å².